The van der Waals surface area contributed by atoms with Crippen molar-refractivity contribution in [3.05, 3.63) is 42.2 Å². The summed E-state index contributed by atoms with van der Waals surface area (Å²) in [6.45, 7) is 2.58. The van der Waals surface area contributed by atoms with Crippen molar-refractivity contribution >= 4 is 40.2 Å². The quantitative estimate of drug-likeness (QED) is 0.557. The highest BCUT2D eigenvalue weighted by Crippen LogP contribution is 2.25. The standard InChI is InChI=1S/C17H18N2O2.ClH/c1-2-3-6-9-21-17(20)15-10-13-12-7-4-5-8-14(12)19-16(13)11-18-15;/h4-5,7-8,10-11,19H,2-3,6,9H2,1H3;1H. The topological polar surface area (TPSA) is 55.0 Å². The number of carbonyl (C=O) groups is 1. The number of unbranched alkanes of at least 4 members (excludes halogenated alkanes) is 2. The van der Waals surface area contributed by atoms with Crippen molar-refractivity contribution in [3.63, 3.8) is 0 Å². The number of halogens is 1. The third-order valence-electron chi connectivity index (χ3n) is 3.58. The largest absolute Gasteiger partial charge is 0.461 e. The van der Waals surface area contributed by atoms with E-state index in [2.05, 4.69) is 16.9 Å². The molecule has 0 radical (unpaired) electrons. The van der Waals surface area contributed by atoms with Crippen molar-refractivity contribution in [2.75, 3.05) is 6.61 Å². The molecule has 3 aromatic rings. The Bertz CT molecular complexity index is 783. The SMILES string of the molecule is CCCCCOC(=O)c1cc2c(cn1)[nH]c1ccccc12.Cl. The van der Waals surface area contributed by atoms with Gasteiger partial charge in [-0.15, -0.1) is 12.4 Å². The lowest BCUT2D eigenvalue weighted by molar-refractivity contribution is 0.0491. The first kappa shape index (κ1) is 16.3. The van der Waals surface area contributed by atoms with Gasteiger partial charge in [-0.05, 0) is 18.6 Å². The van der Waals surface area contributed by atoms with Gasteiger partial charge in [-0.2, -0.15) is 0 Å². The van der Waals surface area contributed by atoms with Crippen molar-refractivity contribution in [1.29, 1.82) is 0 Å². The van der Waals surface area contributed by atoms with Crippen molar-refractivity contribution in [1.82, 2.24) is 9.97 Å². The fourth-order valence-electron chi connectivity index (χ4n) is 2.45. The van der Waals surface area contributed by atoms with E-state index in [1.54, 1.807) is 12.3 Å². The summed E-state index contributed by atoms with van der Waals surface area (Å²) in [4.78, 5) is 19.5. The summed E-state index contributed by atoms with van der Waals surface area (Å²) in [6, 6.07) is 9.81. The number of aromatic nitrogens is 2. The molecule has 0 amide bonds. The lowest BCUT2D eigenvalue weighted by Crippen LogP contribution is -2.08. The molecule has 0 aliphatic heterocycles. The Morgan fingerprint density at radius 3 is 2.82 bits per heavy atom. The molecule has 0 bridgehead atoms. The van der Waals surface area contributed by atoms with Crippen LogP contribution >= 0.6 is 12.4 Å². The Kier molecular flexibility index (Phi) is 5.39. The van der Waals surface area contributed by atoms with Crippen LogP contribution in [0.15, 0.2) is 36.5 Å². The fourth-order valence-corrected chi connectivity index (χ4v) is 2.45. The van der Waals surface area contributed by atoms with Crippen LogP contribution in [-0.2, 0) is 4.74 Å². The van der Waals surface area contributed by atoms with Crippen molar-refractivity contribution in [2.45, 2.75) is 26.2 Å². The number of benzene rings is 1. The highest BCUT2D eigenvalue weighted by atomic mass is 35.5. The van der Waals surface area contributed by atoms with Gasteiger partial charge in [0.2, 0.25) is 0 Å². The Morgan fingerprint density at radius 2 is 2.00 bits per heavy atom. The van der Waals surface area contributed by atoms with E-state index >= 15 is 0 Å². The summed E-state index contributed by atoms with van der Waals surface area (Å²) >= 11 is 0. The molecule has 1 aromatic carbocycles. The van der Waals surface area contributed by atoms with Crippen LogP contribution in [0.4, 0.5) is 0 Å². The van der Waals surface area contributed by atoms with Crippen LogP contribution in [0.1, 0.15) is 36.7 Å². The first-order valence-corrected chi connectivity index (χ1v) is 7.33. The van der Waals surface area contributed by atoms with E-state index in [0.717, 1.165) is 41.1 Å². The lowest BCUT2D eigenvalue weighted by atomic mass is 10.1. The van der Waals surface area contributed by atoms with E-state index in [-0.39, 0.29) is 18.4 Å². The summed E-state index contributed by atoms with van der Waals surface area (Å²) < 4.78 is 5.26. The Hall–Kier alpha value is -2.07. The van der Waals surface area contributed by atoms with Gasteiger partial charge >= 0.3 is 5.97 Å². The molecule has 1 N–H and O–H groups in total. The van der Waals surface area contributed by atoms with E-state index in [1.807, 2.05) is 24.3 Å². The molecular weight excluding hydrogens is 300 g/mol. The molecule has 3 rings (SSSR count). The lowest BCUT2D eigenvalue weighted by Gasteiger charge is -2.03. The summed E-state index contributed by atoms with van der Waals surface area (Å²) in [6.07, 6.45) is 4.77. The Labute approximate surface area is 135 Å². The molecule has 0 atom stereocenters. The minimum Gasteiger partial charge on any atom is -0.461 e. The van der Waals surface area contributed by atoms with Gasteiger partial charge in [-0.25, -0.2) is 9.78 Å². The number of hydrogen-bond donors (Lipinski definition) is 1. The highest BCUT2D eigenvalue weighted by molar-refractivity contribution is 6.08. The first-order chi connectivity index (χ1) is 10.3. The number of rotatable bonds is 5. The average molecular weight is 319 g/mol. The van der Waals surface area contributed by atoms with Gasteiger partial charge in [0.15, 0.2) is 0 Å². The number of nitrogens with zero attached hydrogens (tertiary/aromatic N) is 1. The van der Waals surface area contributed by atoms with E-state index in [4.69, 9.17) is 4.74 Å². The van der Waals surface area contributed by atoms with Crippen LogP contribution in [-0.4, -0.2) is 22.5 Å². The number of nitrogens with one attached hydrogen (secondary N) is 1. The molecule has 0 aliphatic carbocycles. The predicted octanol–water partition coefficient (Wildman–Crippen LogP) is 4.48. The molecule has 5 heteroatoms. The number of para-hydroxylation sites is 1. The summed E-state index contributed by atoms with van der Waals surface area (Å²) in [5.74, 6) is -0.349. The van der Waals surface area contributed by atoms with E-state index in [0.29, 0.717) is 12.3 Å². The predicted molar refractivity (Wildman–Crippen MR) is 90.7 cm³/mol. The van der Waals surface area contributed by atoms with Gasteiger partial charge < -0.3 is 9.72 Å². The molecule has 22 heavy (non-hydrogen) atoms. The zero-order valence-electron chi connectivity index (χ0n) is 12.5. The van der Waals surface area contributed by atoms with Crippen LogP contribution in [0, 0.1) is 0 Å². The minimum atomic E-state index is -0.349. The van der Waals surface area contributed by atoms with Crippen molar-refractivity contribution in [3.8, 4) is 0 Å². The van der Waals surface area contributed by atoms with E-state index in [1.165, 1.54) is 0 Å². The monoisotopic (exact) mass is 318 g/mol. The molecule has 0 unspecified atom stereocenters. The molecule has 2 aromatic heterocycles. The van der Waals surface area contributed by atoms with Gasteiger partial charge in [-0.3, -0.25) is 0 Å². The average Bonchev–Trinajstić information content (AvgIpc) is 2.89. The molecule has 0 aliphatic rings. The number of pyridine rings is 1. The molecule has 0 saturated heterocycles. The van der Waals surface area contributed by atoms with E-state index < -0.39 is 0 Å². The van der Waals surface area contributed by atoms with Gasteiger partial charge in [-0.1, -0.05) is 38.0 Å². The number of aromatic amines is 1. The summed E-state index contributed by atoms with van der Waals surface area (Å²) in [7, 11) is 0. The number of H-pyrrole nitrogens is 1. The molecule has 2 heterocycles. The number of fused-ring (bicyclic) bond motifs is 3. The van der Waals surface area contributed by atoms with Crippen LogP contribution < -0.4 is 0 Å². The van der Waals surface area contributed by atoms with E-state index in [9.17, 15) is 4.79 Å². The molecule has 4 nitrogen and oxygen atoms in total. The number of hydrogen-bond acceptors (Lipinski definition) is 3. The maximum absolute atomic E-state index is 12.0. The fraction of sp³-hybridized carbons (Fsp3) is 0.294. The molecule has 0 spiro atoms. The highest BCUT2D eigenvalue weighted by Gasteiger charge is 2.12. The first-order valence-electron chi connectivity index (χ1n) is 7.33. The summed E-state index contributed by atoms with van der Waals surface area (Å²) in [5, 5.41) is 2.09. The second-order valence-electron chi connectivity index (χ2n) is 5.13. The summed E-state index contributed by atoms with van der Waals surface area (Å²) in [5.41, 5.74) is 2.34. The maximum Gasteiger partial charge on any atom is 0.356 e. The van der Waals surface area contributed by atoms with Crippen LogP contribution in [0.5, 0.6) is 0 Å². The number of ether oxygens (including phenoxy) is 1. The van der Waals surface area contributed by atoms with Crippen LogP contribution in [0.3, 0.4) is 0 Å². The maximum atomic E-state index is 12.0. The number of esters is 1. The van der Waals surface area contributed by atoms with Gasteiger partial charge in [0.25, 0.3) is 0 Å². The van der Waals surface area contributed by atoms with Crippen LogP contribution in [0.25, 0.3) is 21.8 Å². The van der Waals surface area contributed by atoms with Crippen molar-refractivity contribution < 1.29 is 9.53 Å². The van der Waals surface area contributed by atoms with Gasteiger partial charge in [0.05, 0.1) is 18.3 Å². The van der Waals surface area contributed by atoms with Gasteiger partial charge in [0, 0.05) is 16.3 Å². The molecule has 0 saturated carbocycles. The minimum absolute atomic E-state index is 0. The molecule has 116 valence electrons. The third-order valence-corrected chi connectivity index (χ3v) is 3.58. The zero-order valence-corrected chi connectivity index (χ0v) is 13.3. The van der Waals surface area contributed by atoms with Crippen molar-refractivity contribution in [2.24, 2.45) is 0 Å². The smallest absolute Gasteiger partial charge is 0.356 e. The second kappa shape index (κ2) is 7.27. The third kappa shape index (κ3) is 3.22. The normalized spacial score (nSPS) is 10.6. The van der Waals surface area contributed by atoms with Crippen LogP contribution in [0.2, 0.25) is 0 Å². The number of carbonyl (C=O) groups excluding carboxylic acids is 1. The Morgan fingerprint density at radius 1 is 1.18 bits per heavy atom. The van der Waals surface area contributed by atoms with Gasteiger partial charge in [0.1, 0.15) is 5.69 Å². The Balaban J connectivity index is 0.00000176. The zero-order chi connectivity index (χ0) is 14.7. The second-order valence-corrected chi connectivity index (χ2v) is 5.13. The molecular formula is C17H19ClN2O2. The molecule has 0 fully saturated rings.